The molecule has 1 atom stereocenters. The molecule has 0 saturated heterocycles. The van der Waals surface area contributed by atoms with Crippen LogP contribution >= 0.6 is 0 Å². The molecule has 2 aromatic rings. The molecule has 21 heavy (non-hydrogen) atoms. The van der Waals surface area contributed by atoms with Crippen molar-refractivity contribution >= 4 is 11.8 Å². The van der Waals surface area contributed by atoms with E-state index in [1.807, 2.05) is 0 Å². The van der Waals surface area contributed by atoms with Crippen molar-refractivity contribution in [3.05, 3.63) is 54.0 Å². The number of para-hydroxylation sites is 1. The summed E-state index contributed by atoms with van der Waals surface area (Å²) in [4.78, 5) is 23.0. The number of carbonyl (C=O) groups excluding carboxylic acids is 2. The summed E-state index contributed by atoms with van der Waals surface area (Å²) < 4.78 is 10.5. The minimum absolute atomic E-state index is 0.213. The van der Waals surface area contributed by atoms with Crippen molar-refractivity contribution < 1.29 is 18.7 Å². The highest BCUT2D eigenvalue weighted by Gasteiger charge is 2.14. The van der Waals surface area contributed by atoms with E-state index in [0.29, 0.717) is 5.76 Å². The maximum Gasteiger partial charge on any atom is 0.258 e. The molecule has 1 aromatic carbocycles. The van der Waals surface area contributed by atoms with Crippen LogP contribution in [0, 0.1) is 0 Å². The fourth-order valence-corrected chi connectivity index (χ4v) is 1.83. The second-order valence-electron chi connectivity index (χ2n) is 4.45. The molecule has 0 aliphatic rings. The Labute approximate surface area is 121 Å². The fourth-order valence-electron chi connectivity index (χ4n) is 1.83. The first-order valence-corrected chi connectivity index (χ1v) is 6.42. The van der Waals surface area contributed by atoms with Gasteiger partial charge in [0.25, 0.3) is 11.8 Å². The summed E-state index contributed by atoms with van der Waals surface area (Å²) in [6, 6.07) is 9.76. The van der Waals surface area contributed by atoms with Gasteiger partial charge >= 0.3 is 0 Å². The molecule has 0 aliphatic heterocycles. The van der Waals surface area contributed by atoms with E-state index in [2.05, 4.69) is 5.32 Å². The lowest BCUT2D eigenvalue weighted by molar-refractivity contribution is -0.123. The first-order chi connectivity index (χ1) is 10.1. The maximum atomic E-state index is 11.8. The molecule has 2 rings (SSSR count). The van der Waals surface area contributed by atoms with Gasteiger partial charge in [-0.25, -0.2) is 0 Å². The third-order valence-corrected chi connectivity index (χ3v) is 2.86. The highest BCUT2D eigenvalue weighted by Crippen LogP contribution is 2.17. The van der Waals surface area contributed by atoms with E-state index in [4.69, 9.17) is 14.9 Å². The van der Waals surface area contributed by atoms with Gasteiger partial charge in [-0.05, 0) is 31.2 Å². The van der Waals surface area contributed by atoms with Crippen LogP contribution in [0.2, 0.25) is 0 Å². The summed E-state index contributed by atoms with van der Waals surface area (Å²) in [5.74, 6) is 0.0137. The van der Waals surface area contributed by atoms with E-state index in [-0.39, 0.29) is 29.9 Å². The smallest absolute Gasteiger partial charge is 0.258 e. The second kappa shape index (κ2) is 6.60. The average Bonchev–Trinajstić information content (AvgIpc) is 2.99. The number of nitrogens with two attached hydrogens (primary N) is 1. The zero-order valence-electron chi connectivity index (χ0n) is 11.5. The zero-order valence-corrected chi connectivity index (χ0v) is 11.5. The maximum absolute atomic E-state index is 11.8. The van der Waals surface area contributed by atoms with Crippen LogP contribution in [0.5, 0.6) is 5.75 Å². The van der Waals surface area contributed by atoms with E-state index in [9.17, 15) is 9.59 Å². The summed E-state index contributed by atoms with van der Waals surface area (Å²) in [5.41, 5.74) is 5.47. The van der Waals surface area contributed by atoms with Crippen LogP contribution in [-0.2, 0) is 4.79 Å². The van der Waals surface area contributed by atoms with Crippen LogP contribution in [0.25, 0.3) is 0 Å². The molecule has 6 heteroatoms. The van der Waals surface area contributed by atoms with E-state index < -0.39 is 5.91 Å². The van der Waals surface area contributed by atoms with Gasteiger partial charge in [0, 0.05) is 0 Å². The Morgan fingerprint density at radius 1 is 1.29 bits per heavy atom. The monoisotopic (exact) mass is 288 g/mol. The molecule has 0 fully saturated rings. The molecule has 1 aromatic heterocycles. The predicted molar refractivity (Wildman–Crippen MR) is 75.7 cm³/mol. The number of amides is 2. The lowest BCUT2D eigenvalue weighted by Gasteiger charge is -2.13. The Kier molecular flexibility index (Phi) is 4.61. The molecular weight excluding hydrogens is 272 g/mol. The molecule has 3 N–H and O–H groups in total. The van der Waals surface area contributed by atoms with E-state index >= 15 is 0 Å². The second-order valence-corrected chi connectivity index (χ2v) is 4.45. The van der Waals surface area contributed by atoms with E-state index in [1.165, 1.54) is 6.26 Å². The topological polar surface area (TPSA) is 94.6 Å². The lowest BCUT2D eigenvalue weighted by Crippen LogP contribution is -2.31. The standard InChI is InChI=1S/C15H16N2O4/c1-10(12-7-4-8-20-12)17-14(18)9-21-13-6-3-2-5-11(13)15(16)19/h2-8,10H,9H2,1H3,(H2,16,19)(H,17,18)/t10-/m1/s1. The average molecular weight is 288 g/mol. The number of carbonyl (C=O) groups is 2. The third kappa shape index (κ3) is 3.85. The summed E-state index contributed by atoms with van der Waals surface area (Å²) in [6.07, 6.45) is 1.54. The number of primary amides is 1. The predicted octanol–water partition coefficient (Wildman–Crippen LogP) is 1.63. The van der Waals surface area contributed by atoms with Gasteiger partial charge in [0.05, 0.1) is 17.9 Å². The Balaban J connectivity index is 1.91. The van der Waals surface area contributed by atoms with Crippen molar-refractivity contribution in [2.24, 2.45) is 5.73 Å². The number of hydrogen-bond donors (Lipinski definition) is 2. The number of benzene rings is 1. The molecule has 0 unspecified atom stereocenters. The molecule has 0 spiro atoms. The molecule has 1 heterocycles. The van der Waals surface area contributed by atoms with Gasteiger partial charge in [0.15, 0.2) is 6.61 Å². The van der Waals surface area contributed by atoms with Crippen molar-refractivity contribution in [3.8, 4) is 5.75 Å². The van der Waals surface area contributed by atoms with Crippen LogP contribution in [0.4, 0.5) is 0 Å². The van der Waals surface area contributed by atoms with Crippen molar-refractivity contribution in [1.82, 2.24) is 5.32 Å². The van der Waals surface area contributed by atoms with Gasteiger partial charge in [-0.15, -0.1) is 0 Å². The number of ether oxygens (including phenoxy) is 1. The zero-order chi connectivity index (χ0) is 15.2. The number of nitrogens with one attached hydrogen (secondary N) is 1. The summed E-state index contributed by atoms with van der Waals surface area (Å²) >= 11 is 0. The minimum atomic E-state index is -0.602. The van der Waals surface area contributed by atoms with Crippen LogP contribution in [0.3, 0.4) is 0 Å². The normalized spacial score (nSPS) is 11.7. The van der Waals surface area contributed by atoms with Gasteiger partial charge in [0.2, 0.25) is 0 Å². The highest BCUT2D eigenvalue weighted by molar-refractivity contribution is 5.95. The molecular formula is C15H16N2O4. The molecule has 2 amide bonds. The Hall–Kier alpha value is -2.76. The number of furan rings is 1. The fraction of sp³-hybridized carbons (Fsp3) is 0.200. The largest absolute Gasteiger partial charge is 0.483 e. The van der Waals surface area contributed by atoms with Crippen LogP contribution < -0.4 is 15.8 Å². The summed E-state index contributed by atoms with van der Waals surface area (Å²) in [5, 5.41) is 2.73. The SMILES string of the molecule is C[C@@H](NC(=O)COc1ccccc1C(N)=O)c1ccco1. The minimum Gasteiger partial charge on any atom is -0.483 e. The summed E-state index contributed by atoms with van der Waals surface area (Å²) in [6.45, 7) is 1.59. The Morgan fingerprint density at radius 3 is 2.71 bits per heavy atom. The van der Waals surface area contributed by atoms with Gasteiger partial charge in [-0.1, -0.05) is 12.1 Å². The van der Waals surface area contributed by atoms with Gasteiger partial charge in [0.1, 0.15) is 11.5 Å². The van der Waals surface area contributed by atoms with Crippen molar-refractivity contribution in [1.29, 1.82) is 0 Å². The summed E-state index contributed by atoms with van der Waals surface area (Å²) in [7, 11) is 0. The molecule has 0 bridgehead atoms. The Bertz CT molecular complexity index is 622. The van der Waals surface area contributed by atoms with Gasteiger partial charge in [-0.2, -0.15) is 0 Å². The lowest BCUT2D eigenvalue weighted by atomic mass is 10.2. The van der Waals surface area contributed by atoms with Crippen molar-refractivity contribution in [2.75, 3.05) is 6.61 Å². The quantitative estimate of drug-likeness (QED) is 0.844. The third-order valence-electron chi connectivity index (χ3n) is 2.86. The van der Waals surface area contributed by atoms with Gasteiger partial charge in [-0.3, -0.25) is 9.59 Å². The highest BCUT2D eigenvalue weighted by atomic mass is 16.5. The van der Waals surface area contributed by atoms with Crippen LogP contribution in [0.15, 0.2) is 47.1 Å². The van der Waals surface area contributed by atoms with Gasteiger partial charge < -0.3 is 20.2 Å². The Morgan fingerprint density at radius 2 is 2.05 bits per heavy atom. The molecule has 0 aliphatic carbocycles. The molecule has 110 valence electrons. The number of rotatable bonds is 6. The van der Waals surface area contributed by atoms with E-state index in [0.717, 1.165) is 0 Å². The first-order valence-electron chi connectivity index (χ1n) is 6.42. The molecule has 0 saturated carbocycles. The first kappa shape index (κ1) is 14.6. The molecule has 6 nitrogen and oxygen atoms in total. The van der Waals surface area contributed by atoms with Crippen LogP contribution in [0.1, 0.15) is 29.1 Å². The molecule has 0 radical (unpaired) electrons. The van der Waals surface area contributed by atoms with E-state index in [1.54, 1.807) is 43.3 Å². The van der Waals surface area contributed by atoms with Crippen molar-refractivity contribution in [2.45, 2.75) is 13.0 Å². The number of hydrogen-bond acceptors (Lipinski definition) is 4. The van der Waals surface area contributed by atoms with Crippen LogP contribution in [-0.4, -0.2) is 18.4 Å². The van der Waals surface area contributed by atoms with Crippen molar-refractivity contribution in [3.63, 3.8) is 0 Å².